The lowest BCUT2D eigenvalue weighted by Gasteiger charge is -2.02. The fourth-order valence-electron chi connectivity index (χ4n) is 1.14. The zero-order valence-corrected chi connectivity index (χ0v) is 10.9. The molecule has 86 valence electrons. The largest absolute Gasteiger partial charge is 0.445 e. The van der Waals surface area contributed by atoms with Crippen molar-refractivity contribution in [1.29, 1.82) is 0 Å². The first kappa shape index (κ1) is 12.6. The van der Waals surface area contributed by atoms with Gasteiger partial charge in [-0.1, -0.05) is 27.7 Å². The normalized spacial score (nSPS) is 11.6. The topological polar surface area (TPSA) is 26.0 Å². The predicted octanol–water partition coefficient (Wildman–Crippen LogP) is 4.08. The summed E-state index contributed by atoms with van der Waals surface area (Å²) in [7, 11) is 0. The van der Waals surface area contributed by atoms with Gasteiger partial charge in [0, 0.05) is 5.92 Å². The molecule has 0 aliphatic heterocycles. The van der Waals surface area contributed by atoms with E-state index in [9.17, 15) is 0 Å². The van der Waals surface area contributed by atoms with Gasteiger partial charge in [0.15, 0.2) is 0 Å². The molecule has 1 aromatic heterocycles. The van der Waals surface area contributed by atoms with Crippen molar-refractivity contribution in [3.8, 4) is 0 Å². The standard InChI is InChI=1S/C12H21NOS/c1-9(2)5-6-15-8-12-13-7-11(14-12)10(3)4/h7,9-10H,5-6,8H2,1-4H3. The van der Waals surface area contributed by atoms with E-state index < -0.39 is 0 Å². The molecule has 0 N–H and O–H groups in total. The van der Waals surface area contributed by atoms with Gasteiger partial charge in [-0.15, -0.1) is 0 Å². The number of rotatable bonds is 6. The third kappa shape index (κ3) is 4.74. The van der Waals surface area contributed by atoms with Crippen LogP contribution in [-0.4, -0.2) is 10.7 Å². The summed E-state index contributed by atoms with van der Waals surface area (Å²) in [5.74, 6) is 5.18. The van der Waals surface area contributed by atoms with Gasteiger partial charge in [0.25, 0.3) is 0 Å². The van der Waals surface area contributed by atoms with Gasteiger partial charge in [0.2, 0.25) is 5.89 Å². The molecule has 3 heteroatoms. The lowest BCUT2D eigenvalue weighted by Crippen LogP contribution is -1.90. The maximum atomic E-state index is 5.62. The Kier molecular flexibility index (Phi) is 5.23. The first-order chi connectivity index (χ1) is 7.09. The summed E-state index contributed by atoms with van der Waals surface area (Å²) < 4.78 is 5.62. The minimum atomic E-state index is 0.437. The highest BCUT2D eigenvalue weighted by Gasteiger charge is 2.07. The van der Waals surface area contributed by atoms with Gasteiger partial charge in [-0.2, -0.15) is 11.8 Å². The van der Waals surface area contributed by atoms with Crippen LogP contribution in [0.1, 0.15) is 51.7 Å². The van der Waals surface area contributed by atoms with Crippen LogP contribution in [0.25, 0.3) is 0 Å². The SMILES string of the molecule is CC(C)CCSCc1ncc(C(C)C)o1. The van der Waals surface area contributed by atoms with E-state index in [1.165, 1.54) is 12.2 Å². The van der Waals surface area contributed by atoms with E-state index in [0.717, 1.165) is 23.3 Å². The van der Waals surface area contributed by atoms with Gasteiger partial charge in [0.05, 0.1) is 11.9 Å². The molecule has 0 saturated carbocycles. The fraction of sp³-hybridized carbons (Fsp3) is 0.750. The van der Waals surface area contributed by atoms with Crippen LogP contribution in [0, 0.1) is 5.92 Å². The van der Waals surface area contributed by atoms with Crippen molar-refractivity contribution < 1.29 is 4.42 Å². The molecular formula is C12H21NOS. The number of aromatic nitrogens is 1. The van der Waals surface area contributed by atoms with E-state index in [-0.39, 0.29) is 0 Å². The molecule has 0 unspecified atom stereocenters. The highest BCUT2D eigenvalue weighted by atomic mass is 32.2. The zero-order chi connectivity index (χ0) is 11.3. The van der Waals surface area contributed by atoms with Crippen molar-refractivity contribution in [2.24, 2.45) is 5.92 Å². The van der Waals surface area contributed by atoms with E-state index >= 15 is 0 Å². The second kappa shape index (κ2) is 6.21. The predicted molar refractivity (Wildman–Crippen MR) is 66.2 cm³/mol. The Labute approximate surface area is 96.9 Å². The molecule has 1 heterocycles. The molecule has 15 heavy (non-hydrogen) atoms. The number of thioether (sulfide) groups is 1. The molecule has 2 nitrogen and oxygen atoms in total. The molecule has 0 fully saturated rings. The monoisotopic (exact) mass is 227 g/mol. The summed E-state index contributed by atoms with van der Waals surface area (Å²) in [6.45, 7) is 8.75. The third-order valence-corrected chi connectivity index (χ3v) is 3.18. The molecule has 1 rings (SSSR count). The van der Waals surface area contributed by atoms with Gasteiger partial charge in [-0.3, -0.25) is 0 Å². The lowest BCUT2D eigenvalue weighted by atomic mass is 10.2. The number of hydrogen-bond donors (Lipinski definition) is 0. The van der Waals surface area contributed by atoms with Crippen LogP contribution >= 0.6 is 11.8 Å². The maximum Gasteiger partial charge on any atom is 0.204 e. The fourth-order valence-corrected chi connectivity index (χ4v) is 2.23. The average molecular weight is 227 g/mol. The van der Waals surface area contributed by atoms with Crippen molar-refractivity contribution in [2.75, 3.05) is 5.75 Å². The summed E-state index contributed by atoms with van der Waals surface area (Å²) in [5, 5.41) is 0. The molecule has 0 bridgehead atoms. The van der Waals surface area contributed by atoms with Gasteiger partial charge < -0.3 is 4.42 Å². The molecule has 0 aliphatic carbocycles. The summed E-state index contributed by atoms with van der Waals surface area (Å²) in [5.41, 5.74) is 0. The maximum absolute atomic E-state index is 5.62. The Morgan fingerprint density at radius 2 is 2.07 bits per heavy atom. The van der Waals surface area contributed by atoms with Crippen LogP contribution in [0.4, 0.5) is 0 Å². The minimum Gasteiger partial charge on any atom is -0.445 e. The number of hydrogen-bond acceptors (Lipinski definition) is 3. The molecule has 0 aromatic carbocycles. The second-order valence-electron chi connectivity index (χ2n) is 4.55. The second-order valence-corrected chi connectivity index (χ2v) is 5.65. The van der Waals surface area contributed by atoms with E-state index in [1.54, 1.807) is 0 Å². The van der Waals surface area contributed by atoms with Crippen molar-refractivity contribution >= 4 is 11.8 Å². The Morgan fingerprint density at radius 1 is 1.33 bits per heavy atom. The van der Waals surface area contributed by atoms with Gasteiger partial charge >= 0.3 is 0 Å². The molecule has 0 saturated heterocycles. The van der Waals surface area contributed by atoms with E-state index in [1.807, 2.05) is 18.0 Å². The molecular weight excluding hydrogens is 206 g/mol. The Hall–Kier alpha value is -0.440. The van der Waals surface area contributed by atoms with Crippen LogP contribution in [-0.2, 0) is 5.75 Å². The van der Waals surface area contributed by atoms with Gasteiger partial charge in [0.1, 0.15) is 5.76 Å². The first-order valence-electron chi connectivity index (χ1n) is 5.62. The Morgan fingerprint density at radius 3 is 2.60 bits per heavy atom. The zero-order valence-electron chi connectivity index (χ0n) is 10.1. The number of oxazole rings is 1. The quantitative estimate of drug-likeness (QED) is 0.685. The van der Waals surface area contributed by atoms with E-state index in [2.05, 4.69) is 32.7 Å². The highest BCUT2D eigenvalue weighted by molar-refractivity contribution is 7.98. The minimum absolute atomic E-state index is 0.437. The summed E-state index contributed by atoms with van der Waals surface area (Å²) >= 11 is 1.90. The van der Waals surface area contributed by atoms with E-state index in [0.29, 0.717) is 5.92 Å². The van der Waals surface area contributed by atoms with Gasteiger partial charge in [-0.25, -0.2) is 4.98 Å². The van der Waals surface area contributed by atoms with Crippen molar-refractivity contribution in [3.63, 3.8) is 0 Å². The van der Waals surface area contributed by atoms with Crippen LogP contribution in [0.3, 0.4) is 0 Å². The number of nitrogens with zero attached hydrogens (tertiary/aromatic N) is 1. The van der Waals surface area contributed by atoms with Crippen LogP contribution in [0.5, 0.6) is 0 Å². The summed E-state index contributed by atoms with van der Waals surface area (Å²) in [6, 6.07) is 0. The van der Waals surface area contributed by atoms with Gasteiger partial charge in [-0.05, 0) is 18.1 Å². The molecule has 0 atom stereocenters. The van der Waals surface area contributed by atoms with E-state index in [4.69, 9.17) is 4.42 Å². The summed E-state index contributed by atoms with van der Waals surface area (Å²) in [6.07, 6.45) is 3.12. The highest BCUT2D eigenvalue weighted by Crippen LogP contribution is 2.19. The average Bonchev–Trinajstić information content (AvgIpc) is 2.60. The van der Waals surface area contributed by atoms with Crippen molar-refractivity contribution in [3.05, 3.63) is 17.8 Å². The van der Waals surface area contributed by atoms with Crippen LogP contribution < -0.4 is 0 Å². The molecule has 0 spiro atoms. The Balaban J connectivity index is 2.26. The van der Waals surface area contributed by atoms with Crippen molar-refractivity contribution in [2.45, 2.75) is 45.8 Å². The van der Waals surface area contributed by atoms with Crippen molar-refractivity contribution in [1.82, 2.24) is 4.98 Å². The molecule has 0 amide bonds. The van der Waals surface area contributed by atoms with Crippen LogP contribution in [0.2, 0.25) is 0 Å². The summed E-state index contributed by atoms with van der Waals surface area (Å²) in [4.78, 5) is 4.27. The third-order valence-electron chi connectivity index (χ3n) is 2.21. The molecule has 1 aromatic rings. The molecule has 0 radical (unpaired) electrons. The smallest absolute Gasteiger partial charge is 0.204 e. The Bertz CT molecular complexity index is 281. The lowest BCUT2D eigenvalue weighted by molar-refractivity contribution is 0.453. The van der Waals surface area contributed by atoms with Crippen LogP contribution in [0.15, 0.2) is 10.6 Å². The first-order valence-corrected chi connectivity index (χ1v) is 6.77. The molecule has 0 aliphatic rings.